The lowest BCUT2D eigenvalue weighted by atomic mass is 10.0. The van der Waals surface area contributed by atoms with E-state index in [4.69, 9.17) is 0 Å². The van der Waals surface area contributed by atoms with Crippen molar-refractivity contribution in [1.82, 2.24) is 9.38 Å². The molecule has 0 amide bonds. The van der Waals surface area contributed by atoms with Crippen LogP contribution >= 0.6 is 11.3 Å². The smallest absolute Gasteiger partial charge is 0.290 e. The molecule has 2 aromatic carbocycles. The number of aromatic nitrogens is 2. The van der Waals surface area contributed by atoms with E-state index in [0.717, 1.165) is 22.1 Å². The van der Waals surface area contributed by atoms with E-state index in [9.17, 15) is 18.0 Å². The predicted molar refractivity (Wildman–Crippen MR) is 108 cm³/mol. The zero-order valence-electron chi connectivity index (χ0n) is 15.3. The molecule has 0 saturated heterocycles. The molecule has 0 spiro atoms. The van der Waals surface area contributed by atoms with Gasteiger partial charge in [0.05, 0.1) is 5.69 Å². The molecule has 7 heteroatoms. The van der Waals surface area contributed by atoms with Crippen LogP contribution in [0.1, 0.15) is 26.6 Å². The van der Waals surface area contributed by atoms with Crippen molar-refractivity contribution in [2.75, 3.05) is 0 Å². The van der Waals surface area contributed by atoms with Crippen LogP contribution in [-0.2, 0) is 6.18 Å². The second-order valence-corrected chi connectivity index (χ2v) is 7.69. The lowest BCUT2D eigenvalue weighted by Crippen LogP contribution is -2.08. The molecule has 4 aromatic rings. The highest BCUT2D eigenvalue weighted by Gasteiger charge is 2.37. The summed E-state index contributed by atoms with van der Waals surface area (Å²) in [5.74, 6) is -0.375. The van der Waals surface area contributed by atoms with Gasteiger partial charge in [0.2, 0.25) is 0 Å². The first kappa shape index (κ1) is 19.1. The topological polar surface area (TPSA) is 34.4 Å². The van der Waals surface area contributed by atoms with Crippen molar-refractivity contribution in [3.05, 3.63) is 88.7 Å². The zero-order valence-corrected chi connectivity index (χ0v) is 16.1. The minimum absolute atomic E-state index is 0.147. The van der Waals surface area contributed by atoms with Crippen molar-refractivity contribution in [3.63, 3.8) is 0 Å². The van der Waals surface area contributed by atoms with Crippen LogP contribution in [0, 0.1) is 6.92 Å². The molecule has 29 heavy (non-hydrogen) atoms. The third-order valence-corrected chi connectivity index (χ3v) is 5.31. The molecular weight excluding hydrogens is 397 g/mol. The summed E-state index contributed by atoms with van der Waals surface area (Å²) in [4.78, 5) is 17.3. The van der Waals surface area contributed by atoms with Gasteiger partial charge in [-0.15, -0.1) is 11.3 Å². The number of rotatable bonds is 4. The summed E-state index contributed by atoms with van der Waals surface area (Å²) in [6.45, 7) is 1.79. The Morgan fingerprint density at radius 2 is 1.69 bits per heavy atom. The first-order chi connectivity index (χ1) is 13.8. The lowest BCUT2D eigenvalue weighted by Gasteiger charge is -2.04. The largest absolute Gasteiger partial charge is 0.435 e. The van der Waals surface area contributed by atoms with Crippen molar-refractivity contribution >= 4 is 28.2 Å². The highest BCUT2D eigenvalue weighted by atomic mass is 32.1. The average molecular weight is 412 g/mol. The third kappa shape index (κ3) is 3.86. The van der Waals surface area contributed by atoms with E-state index in [2.05, 4.69) is 4.98 Å². The van der Waals surface area contributed by atoms with Crippen LogP contribution in [-0.4, -0.2) is 15.2 Å². The number of hydrogen-bond acceptors (Lipinski definition) is 3. The number of carbonyl (C=O) groups is 1. The SMILES string of the molecule is Cc1cn2c(/C=C/C(=O)c3ccc(-c4ccccc4)cc3)c(C(F)(F)F)nc2s1. The molecule has 0 aliphatic heterocycles. The highest BCUT2D eigenvalue weighted by molar-refractivity contribution is 7.17. The number of halogens is 3. The molecule has 2 aromatic heterocycles. The first-order valence-electron chi connectivity index (χ1n) is 8.76. The maximum atomic E-state index is 13.3. The predicted octanol–water partition coefficient (Wildman–Crippen LogP) is 6.29. The Morgan fingerprint density at radius 3 is 2.34 bits per heavy atom. The number of imidazole rings is 1. The fourth-order valence-corrected chi connectivity index (χ4v) is 3.88. The average Bonchev–Trinajstić information content (AvgIpc) is 3.23. The molecule has 0 N–H and O–H groups in total. The summed E-state index contributed by atoms with van der Waals surface area (Å²) in [5.41, 5.74) is 1.23. The maximum Gasteiger partial charge on any atom is 0.435 e. The molecule has 2 heterocycles. The number of thiazole rings is 1. The monoisotopic (exact) mass is 412 g/mol. The van der Waals surface area contributed by atoms with Crippen LogP contribution in [0.4, 0.5) is 13.2 Å². The summed E-state index contributed by atoms with van der Waals surface area (Å²) >= 11 is 1.17. The van der Waals surface area contributed by atoms with E-state index in [1.54, 1.807) is 25.3 Å². The van der Waals surface area contributed by atoms with Gasteiger partial charge in [0, 0.05) is 16.6 Å². The number of nitrogens with zero attached hydrogens (tertiary/aromatic N) is 2. The molecule has 0 atom stereocenters. The fourth-order valence-electron chi connectivity index (χ4n) is 3.05. The van der Waals surface area contributed by atoms with E-state index in [0.29, 0.717) is 5.56 Å². The number of carbonyl (C=O) groups excluding carboxylic acids is 1. The lowest BCUT2D eigenvalue weighted by molar-refractivity contribution is -0.140. The summed E-state index contributed by atoms with van der Waals surface area (Å²) < 4.78 is 41.3. The van der Waals surface area contributed by atoms with Crippen molar-refractivity contribution in [1.29, 1.82) is 0 Å². The molecule has 0 aliphatic carbocycles. The molecule has 0 aliphatic rings. The number of fused-ring (bicyclic) bond motifs is 1. The second kappa shape index (κ2) is 7.33. The van der Waals surface area contributed by atoms with Crippen LogP contribution in [0.3, 0.4) is 0 Å². The van der Waals surface area contributed by atoms with Crippen LogP contribution in [0.15, 0.2) is 66.9 Å². The Hall–Kier alpha value is -3.19. The molecule has 3 nitrogen and oxygen atoms in total. The number of hydrogen-bond donors (Lipinski definition) is 0. The minimum Gasteiger partial charge on any atom is -0.290 e. The Bertz CT molecular complexity index is 1200. The summed E-state index contributed by atoms with van der Waals surface area (Å²) in [5, 5.41) is 0. The molecule has 4 rings (SSSR count). The number of alkyl halides is 3. The number of aryl methyl sites for hydroxylation is 1. The van der Waals surface area contributed by atoms with E-state index in [-0.39, 0.29) is 16.4 Å². The van der Waals surface area contributed by atoms with Crippen LogP contribution in [0.2, 0.25) is 0 Å². The van der Waals surface area contributed by atoms with Gasteiger partial charge in [-0.1, -0.05) is 54.6 Å². The molecular formula is C22H15F3N2OS. The zero-order chi connectivity index (χ0) is 20.6. The van der Waals surface area contributed by atoms with Gasteiger partial charge >= 0.3 is 6.18 Å². The van der Waals surface area contributed by atoms with Crippen LogP contribution in [0.5, 0.6) is 0 Å². The van der Waals surface area contributed by atoms with Crippen molar-refractivity contribution in [2.24, 2.45) is 0 Å². The van der Waals surface area contributed by atoms with E-state index < -0.39 is 11.9 Å². The number of ketones is 1. The quantitative estimate of drug-likeness (QED) is 0.292. The van der Waals surface area contributed by atoms with Gasteiger partial charge in [-0.3, -0.25) is 9.20 Å². The minimum atomic E-state index is -4.60. The highest BCUT2D eigenvalue weighted by Crippen LogP contribution is 2.34. The van der Waals surface area contributed by atoms with Gasteiger partial charge in [-0.05, 0) is 30.2 Å². The fraction of sp³-hybridized carbons (Fsp3) is 0.0909. The molecule has 146 valence electrons. The Morgan fingerprint density at radius 1 is 1.03 bits per heavy atom. The molecule has 0 unspecified atom stereocenters. The van der Waals surface area contributed by atoms with Gasteiger partial charge in [-0.2, -0.15) is 13.2 Å². The Labute approximate surface area is 168 Å². The second-order valence-electron chi connectivity index (χ2n) is 6.48. The molecule has 0 radical (unpaired) electrons. The number of allylic oxidation sites excluding steroid dienone is 1. The van der Waals surface area contributed by atoms with Crippen molar-refractivity contribution in [3.8, 4) is 11.1 Å². The van der Waals surface area contributed by atoms with Crippen LogP contribution < -0.4 is 0 Å². The van der Waals surface area contributed by atoms with Gasteiger partial charge in [0.1, 0.15) is 0 Å². The van der Waals surface area contributed by atoms with E-state index in [1.807, 2.05) is 42.5 Å². The van der Waals surface area contributed by atoms with Crippen molar-refractivity contribution in [2.45, 2.75) is 13.1 Å². The van der Waals surface area contributed by atoms with Gasteiger partial charge in [0.15, 0.2) is 16.4 Å². The van der Waals surface area contributed by atoms with Gasteiger partial charge in [0.25, 0.3) is 0 Å². The summed E-state index contributed by atoms with van der Waals surface area (Å²) in [7, 11) is 0. The maximum absolute atomic E-state index is 13.3. The number of benzene rings is 2. The third-order valence-electron chi connectivity index (χ3n) is 4.42. The van der Waals surface area contributed by atoms with Gasteiger partial charge in [-0.25, -0.2) is 4.98 Å². The summed E-state index contributed by atoms with van der Waals surface area (Å²) in [6.07, 6.45) is -0.674. The molecule has 0 bridgehead atoms. The molecule has 0 saturated carbocycles. The normalized spacial score (nSPS) is 12.1. The van der Waals surface area contributed by atoms with E-state index >= 15 is 0 Å². The van der Waals surface area contributed by atoms with Crippen LogP contribution in [0.25, 0.3) is 22.2 Å². The van der Waals surface area contributed by atoms with E-state index in [1.165, 1.54) is 21.8 Å². The summed E-state index contributed by atoms with van der Waals surface area (Å²) in [6, 6.07) is 16.7. The van der Waals surface area contributed by atoms with Crippen molar-refractivity contribution < 1.29 is 18.0 Å². The van der Waals surface area contributed by atoms with Gasteiger partial charge < -0.3 is 0 Å². The Balaban J connectivity index is 1.63. The standard InChI is InChI=1S/C22H15F3N2OS/c1-14-13-27-18(20(22(23,24)25)26-21(27)29-14)11-12-19(28)17-9-7-16(8-10-17)15-5-3-2-4-6-15/h2-13H,1H3/b12-11+. The molecule has 0 fully saturated rings. The first-order valence-corrected chi connectivity index (χ1v) is 9.58. The Kier molecular flexibility index (Phi) is 4.84.